The largest absolute Gasteiger partial charge is 0.308 e. The minimum Gasteiger partial charge on any atom is -0.308 e. The van der Waals surface area contributed by atoms with E-state index in [-0.39, 0.29) is 5.57 Å². The first-order valence-corrected chi connectivity index (χ1v) is 3.61. The average molecular weight is 247 g/mol. The first-order chi connectivity index (χ1) is 4.74. The molecule has 0 fully saturated rings. The highest BCUT2D eigenvalue weighted by molar-refractivity contribution is 14.1. The lowest BCUT2D eigenvalue weighted by Gasteiger charge is -1.94. The average Bonchev–Trinajstić information content (AvgIpc) is 1.94. The molecule has 0 spiro atoms. The quantitative estimate of drug-likeness (QED) is 0.418. The van der Waals surface area contributed by atoms with Gasteiger partial charge in [-0.15, -0.1) is 0 Å². The molecule has 0 bridgehead atoms. The minimum absolute atomic E-state index is 0.253. The summed E-state index contributed by atoms with van der Waals surface area (Å²) in [5.74, 6) is -0.518. The molecule has 0 heterocycles. The molecule has 0 atom stereocenters. The highest BCUT2D eigenvalue weighted by Crippen LogP contribution is 2.17. The highest BCUT2D eigenvalue weighted by atomic mass is 127. The molecule has 3 heteroatoms. The summed E-state index contributed by atoms with van der Waals surface area (Å²) in [6, 6.07) is 0. The second-order valence-electron chi connectivity index (χ2n) is 1.66. The first kappa shape index (κ1) is 7.48. The van der Waals surface area contributed by atoms with Crippen molar-refractivity contribution in [3.63, 3.8) is 0 Å². The maximum atomic E-state index is 12.5. The van der Waals surface area contributed by atoms with E-state index >= 15 is 0 Å². The Morgan fingerprint density at radius 2 is 2.30 bits per heavy atom. The van der Waals surface area contributed by atoms with Crippen LogP contribution in [0.4, 0.5) is 4.39 Å². The molecule has 0 unspecified atom stereocenters. The number of rotatable bonds is 1. The van der Waals surface area contributed by atoms with Crippen LogP contribution in [-0.2, 0) is 0 Å². The lowest BCUT2D eigenvalue weighted by Crippen LogP contribution is -1.85. The fourth-order valence-electron chi connectivity index (χ4n) is 0.528. The van der Waals surface area contributed by atoms with Crippen molar-refractivity contribution in [2.24, 2.45) is 0 Å². The number of nitrogens with one attached hydrogen (secondary N) is 1. The van der Waals surface area contributed by atoms with Gasteiger partial charge in [0.05, 0.1) is 3.58 Å². The van der Waals surface area contributed by atoms with Crippen molar-refractivity contribution in [1.82, 2.24) is 0 Å². The van der Waals surface area contributed by atoms with E-state index in [0.717, 1.165) is 9.79 Å². The van der Waals surface area contributed by atoms with Gasteiger partial charge in [0.1, 0.15) is 0 Å². The van der Waals surface area contributed by atoms with Crippen molar-refractivity contribution in [2.75, 3.05) is 0 Å². The summed E-state index contributed by atoms with van der Waals surface area (Å²) >= 11 is 1.99. The summed E-state index contributed by atoms with van der Waals surface area (Å²) in [7, 11) is 0. The zero-order valence-corrected chi connectivity index (χ0v) is 7.07. The molecule has 0 amide bonds. The molecule has 0 aromatic carbocycles. The second kappa shape index (κ2) is 2.97. The van der Waals surface area contributed by atoms with Gasteiger partial charge in [0.15, 0.2) is 5.83 Å². The lowest BCUT2D eigenvalue weighted by molar-refractivity contribution is 0.662. The maximum Gasteiger partial charge on any atom is 0.182 e. The van der Waals surface area contributed by atoms with E-state index in [2.05, 4.69) is 11.5 Å². The molecule has 0 aromatic rings. The normalized spacial score (nSPS) is 15.6. The van der Waals surface area contributed by atoms with E-state index in [4.69, 9.17) is 5.41 Å². The Morgan fingerprint density at radius 3 is 2.80 bits per heavy atom. The van der Waals surface area contributed by atoms with E-state index in [0.29, 0.717) is 0 Å². The molecule has 1 N–H and O–H groups in total. The van der Waals surface area contributed by atoms with Crippen molar-refractivity contribution in [2.45, 2.75) is 0 Å². The van der Waals surface area contributed by atoms with Gasteiger partial charge in [0.25, 0.3) is 0 Å². The number of halogens is 2. The summed E-state index contributed by atoms with van der Waals surface area (Å²) in [6.45, 7) is 0. The zero-order valence-electron chi connectivity index (χ0n) is 4.91. The van der Waals surface area contributed by atoms with Crippen LogP contribution in [0.1, 0.15) is 0 Å². The monoisotopic (exact) mass is 247 g/mol. The van der Waals surface area contributed by atoms with Crippen molar-refractivity contribution < 1.29 is 4.39 Å². The predicted molar refractivity (Wildman–Crippen MR) is 46.0 cm³/mol. The molecule has 0 radical (unpaired) electrons. The Labute approximate surface area is 71.3 Å². The van der Waals surface area contributed by atoms with Gasteiger partial charge < -0.3 is 5.41 Å². The van der Waals surface area contributed by atoms with E-state index in [1.807, 2.05) is 22.6 Å². The fraction of sp³-hybridized carbons (Fsp3) is 0. The molecule has 50 valence electrons. The summed E-state index contributed by atoms with van der Waals surface area (Å²) in [5, 5.41) is 6.78. The van der Waals surface area contributed by atoms with Gasteiger partial charge in [-0.1, -0.05) is 5.73 Å². The van der Waals surface area contributed by atoms with Gasteiger partial charge in [-0.2, -0.15) is 4.39 Å². The van der Waals surface area contributed by atoms with Crippen molar-refractivity contribution in [3.05, 3.63) is 32.5 Å². The van der Waals surface area contributed by atoms with Gasteiger partial charge in [-0.05, 0) is 34.4 Å². The number of hydrogen-bond acceptors (Lipinski definition) is 1. The van der Waals surface area contributed by atoms with E-state index in [1.165, 1.54) is 0 Å². The van der Waals surface area contributed by atoms with Crippen LogP contribution in [0.5, 0.6) is 0 Å². The predicted octanol–water partition coefficient (Wildman–Crippen LogP) is 2.50. The Morgan fingerprint density at radius 1 is 1.60 bits per heavy atom. The number of hydrogen-bond donors (Lipinski definition) is 1. The van der Waals surface area contributed by atoms with Crippen molar-refractivity contribution in [1.29, 1.82) is 5.41 Å². The third-order valence-electron chi connectivity index (χ3n) is 0.983. The van der Waals surface area contributed by atoms with Crippen LogP contribution in [0.25, 0.3) is 0 Å². The van der Waals surface area contributed by atoms with E-state index in [9.17, 15) is 4.39 Å². The lowest BCUT2D eigenvalue weighted by atomic mass is 10.2. The SMILES string of the molecule is N=CC1=CC(I)=C=C=C1F. The molecule has 0 saturated carbocycles. The standard InChI is InChI=1S/C7H3FIN/c8-7-2-1-6(9)3-5(7)4-10/h3-4,10H. The smallest absolute Gasteiger partial charge is 0.182 e. The van der Waals surface area contributed by atoms with Gasteiger partial charge in [-0.25, -0.2) is 0 Å². The van der Waals surface area contributed by atoms with Gasteiger partial charge in [0, 0.05) is 11.8 Å². The van der Waals surface area contributed by atoms with Gasteiger partial charge in [-0.3, -0.25) is 0 Å². The fourth-order valence-corrected chi connectivity index (χ4v) is 0.998. The zero-order chi connectivity index (χ0) is 7.56. The van der Waals surface area contributed by atoms with Crippen molar-refractivity contribution >= 4 is 28.8 Å². The van der Waals surface area contributed by atoms with Crippen LogP contribution in [0.3, 0.4) is 0 Å². The summed E-state index contributed by atoms with van der Waals surface area (Å²) in [5.41, 5.74) is 5.08. The van der Waals surface area contributed by atoms with Crippen LogP contribution in [-0.4, -0.2) is 6.21 Å². The Balaban J connectivity index is 3.21. The van der Waals surface area contributed by atoms with Crippen molar-refractivity contribution in [3.8, 4) is 0 Å². The van der Waals surface area contributed by atoms with Crippen LogP contribution >= 0.6 is 22.6 Å². The molecule has 10 heavy (non-hydrogen) atoms. The van der Waals surface area contributed by atoms with Gasteiger partial charge >= 0.3 is 0 Å². The maximum absolute atomic E-state index is 12.5. The molecular formula is C7H3FIN. The molecular weight excluding hydrogens is 244 g/mol. The van der Waals surface area contributed by atoms with Crippen LogP contribution in [0.15, 0.2) is 32.5 Å². The van der Waals surface area contributed by atoms with E-state index < -0.39 is 5.83 Å². The number of allylic oxidation sites excluding steroid dienone is 4. The molecule has 1 aliphatic rings. The molecule has 1 aliphatic carbocycles. The van der Waals surface area contributed by atoms with Gasteiger partial charge in [0.2, 0.25) is 0 Å². The first-order valence-electron chi connectivity index (χ1n) is 2.53. The minimum atomic E-state index is -0.518. The molecule has 1 rings (SSSR count). The summed E-state index contributed by atoms with van der Waals surface area (Å²) in [4.78, 5) is 0. The molecule has 0 aliphatic heterocycles. The molecule has 1 nitrogen and oxygen atoms in total. The van der Waals surface area contributed by atoms with E-state index in [1.54, 1.807) is 6.08 Å². The Kier molecular flexibility index (Phi) is 2.22. The summed E-state index contributed by atoms with van der Waals surface area (Å²) in [6.07, 6.45) is 2.50. The second-order valence-corrected chi connectivity index (χ2v) is 2.82. The third kappa shape index (κ3) is 1.45. The molecule has 0 saturated heterocycles. The van der Waals surface area contributed by atoms with Crippen LogP contribution in [0, 0.1) is 5.41 Å². The Hall–Kier alpha value is -0.630. The topological polar surface area (TPSA) is 23.9 Å². The van der Waals surface area contributed by atoms with Crippen LogP contribution < -0.4 is 0 Å². The van der Waals surface area contributed by atoms with Crippen LogP contribution in [0.2, 0.25) is 0 Å². The Bertz CT molecular complexity index is 302. The summed E-state index contributed by atoms with van der Waals surface area (Å²) < 4.78 is 13.3. The highest BCUT2D eigenvalue weighted by Gasteiger charge is 2.02. The third-order valence-corrected chi connectivity index (χ3v) is 1.56. The molecule has 0 aromatic heterocycles.